The average molecular weight is 1280 g/mol. The minimum absolute atomic E-state index is 0.0319. The number of carbonyl (C=O) groups excluding carboxylic acids is 2. The standard InChI is InChI=1S/C80H142NO8P/c1-6-8-10-12-14-16-18-20-22-24-26-28-30-32-34-36-38-39-40-41-43-45-47-49-51-53-55-57-59-61-63-65-67-69-71-73-80(83)89-78(77-88-90(84,85)87-75-74-81(3,4)5)76-86-79(82)72-70-68-66-64-62-60-58-56-54-52-50-48-46-44-42-37-35-33-31-29-27-25-23-21-19-17-15-13-11-9-7-2/h8-11,14-17,20-23,26-29,32,34,78H,6-7,12-13,18-19,24-25,30-31,33,35-77H2,1-5H3/b10-8-,11-9-,16-14-,17-15-,22-20-,23-21-,28-26-,29-27-,34-32-. The van der Waals surface area contributed by atoms with Crippen molar-refractivity contribution in [1.29, 1.82) is 0 Å². The summed E-state index contributed by atoms with van der Waals surface area (Å²) in [5.41, 5.74) is 0. The molecule has 0 saturated carbocycles. The van der Waals surface area contributed by atoms with Gasteiger partial charge in [0.1, 0.15) is 19.8 Å². The third-order valence-corrected chi connectivity index (χ3v) is 17.3. The minimum atomic E-state index is -4.65. The van der Waals surface area contributed by atoms with Gasteiger partial charge in [-0.1, -0.05) is 335 Å². The molecule has 0 heterocycles. The van der Waals surface area contributed by atoms with Gasteiger partial charge in [0.2, 0.25) is 0 Å². The molecule has 0 aromatic rings. The zero-order valence-electron chi connectivity index (χ0n) is 59.3. The highest BCUT2D eigenvalue weighted by atomic mass is 31.2. The lowest BCUT2D eigenvalue weighted by atomic mass is 10.0. The molecule has 520 valence electrons. The summed E-state index contributed by atoms with van der Waals surface area (Å²) in [7, 11) is 1.17. The number of nitrogens with zero attached hydrogens (tertiary/aromatic N) is 1. The molecule has 90 heavy (non-hydrogen) atoms. The highest BCUT2D eigenvalue weighted by Gasteiger charge is 2.22. The van der Waals surface area contributed by atoms with Gasteiger partial charge < -0.3 is 27.9 Å². The summed E-state index contributed by atoms with van der Waals surface area (Å²) in [6.45, 7) is 4.06. The maximum atomic E-state index is 12.9. The molecule has 0 saturated heterocycles. The van der Waals surface area contributed by atoms with Gasteiger partial charge >= 0.3 is 11.9 Å². The summed E-state index contributed by atoms with van der Waals surface area (Å²) >= 11 is 0. The van der Waals surface area contributed by atoms with Crippen LogP contribution in [-0.2, 0) is 32.7 Å². The first-order valence-corrected chi connectivity index (χ1v) is 39.1. The van der Waals surface area contributed by atoms with Gasteiger partial charge in [0.25, 0.3) is 7.82 Å². The molecule has 10 heteroatoms. The van der Waals surface area contributed by atoms with Gasteiger partial charge in [-0.15, -0.1) is 0 Å². The number of allylic oxidation sites excluding steroid dienone is 18. The van der Waals surface area contributed by atoms with Crippen LogP contribution >= 0.6 is 7.82 Å². The number of phosphoric ester groups is 1. The maximum absolute atomic E-state index is 12.9. The summed E-state index contributed by atoms with van der Waals surface area (Å²) in [5.74, 6) is -0.820. The van der Waals surface area contributed by atoms with E-state index in [-0.39, 0.29) is 32.0 Å². The molecule has 0 amide bonds. The Labute approximate surface area is 556 Å². The molecule has 0 aromatic heterocycles. The van der Waals surface area contributed by atoms with Crippen LogP contribution in [0.25, 0.3) is 0 Å². The molecule has 0 rings (SSSR count). The van der Waals surface area contributed by atoms with Crippen LogP contribution < -0.4 is 4.89 Å². The Morgan fingerprint density at radius 1 is 0.344 bits per heavy atom. The number of hydrogen-bond acceptors (Lipinski definition) is 8. The van der Waals surface area contributed by atoms with Crippen molar-refractivity contribution in [2.75, 3.05) is 47.5 Å². The number of unbranched alkanes of at least 4 members (excludes halogenated alkanes) is 37. The number of ether oxygens (including phenoxy) is 2. The van der Waals surface area contributed by atoms with E-state index in [4.69, 9.17) is 18.5 Å². The average Bonchev–Trinajstić information content (AvgIpc) is 3.61. The Hall–Kier alpha value is -3.33. The van der Waals surface area contributed by atoms with E-state index in [9.17, 15) is 19.0 Å². The predicted octanol–water partition coefficient (Wildman–Crippen LogP) is 24.2. The van der Waals surface area contributed by atoms with E-state index in [1.807, 2.05) is 21.1 Å². The first-order valence-electron chi connectivity index (χ1n) is 37.6. The zero-order chi connectivity index (χ0) is 65.5. The Bertz CT molecular complexity index is 1890. The van der Waals surface area contributed by atoms with Crippen LogP contribution in [0.4, 0.5) is 0 Å². The SMILES string of the molecule is CC/C=C\C/C=C\C/C=C\C/C=C\C/C=C\CCCCCCCCCCCCCCCCCCCCCC(=O)OC(COC(=O)CCCCCCCCCCCCCCCCCCCC/C=C\C/C=C\C/C=C\C/C=C\CC)COP(=O)([O-])OCC[N+](C)(C)C. The lowest BCUT2D eigenvalue weighted by molar-refractivity contribution is -0.870. The third-order valence-electron chi connectivity index (χ3n) is 16.3. The van der Waals surface area contributed by atoms with Crippen molar-refractivity contribution in [3.8, 4) is 0 Å². The van der Waals surface area contributed by atoms with Gasteiger partial charge in [0, 0.05) is 12.8 Å². The van der Waals surface area contributed by atoms with Crippen LogP contribution in [0.2, 0.25) is 0 Å². The van der Waals surface area contributed by atoms with E-state index in [2.05, 4.69) is 123 Å². The topological polar surface area (TPSA) is 111 Å². The van der Waals surface area contributed by atoms with Crippen molar-refractivity contribution in [2.24, 2.45) is 0 Å². The Morgan fingerprint density at radius 2 is 0.600 bits per heavy atom. The lowest BCUT2D eigenvalue weighted by Gasteiger charge is -2.28. The summed E-state index contributed by atoms with van der Waals surface area (Å²) < 4.78 is 34.4. The number of likely N-dealkylation sites (N-methyl/N-ethyl adjacent to an activating group) is 1. The zero-order valence-corrected chi connectivity index (χ0v) is 60.2. The molecule has 0 aliphatic carbocycles. The van der Waals surface area contributed by atoms with Crippen molar-refractivity contribution in [1.82, 2.24) is 0 Å². The molecule has 0 N–H and O–H groups in total. The Balaban J connectivity index is 3.98. The smallest absolute Gasteiger partial charge is 0.306 e. The maximum Gasteiger partial charge on any atom is 0.306 e. The monoisotopic (exact) mass is 1280 g/mol. The highest BCUT2D eigenvalue weighted by molar-refractivity contribution is 7.45. The molecule has 9 nitrogen and oxygen atoms in total. The second-order valence-electron chi connectivity index (χ2n) is 26.3. The number of phosphoric acid groups is 1. The van der Waals surface area contributed by atoms with Crippen LogP contribution in [-0.4, -0.2) is 70.0 Å². The van der Waals surface area contributed by atoms with Crippen molar-refractivity contribution in [3.63, 3.8) is 0 Å². The van der Waals surface area contributed by atoms with Gasteiger partial charge in [0.05, 0.1) is 27.7 Å². The Morgan fingerprint density at radius 3 is 0.889 bits per heavy atom. The van der Waals surface area contributed by atoms with Gasteiger partial charge in [0.15, 0.2) is 6.10 Å². The van der Waals surface area contributed by atoms with E-state index < -0.39 is 26.5 Å². The van der Waals surface area contributed by atoms with Crippen molar-refractivity contribution >= 4 is 19.8 Å². The van der Waals surface area contributed by atoms with Gasteiger partial charge in [-0.3, -0.25) is 14.2 Å². The molecule has 0 spiro atoms. The molecule has 0 aliphatic rings. The van der Waals surface area contributed by atoms with Crippen LogP contribution in [0.3, 0.4) is 0 Å². The van der Waals surface area contributed by atoms with E-state index in [0.717, 1.165) is 96.3 Å². The van der Waals surface area contributed by atoms with E-state index in [0.29, 0.717) is 17.4 Å². The van der Waals surface area contributed by atoms with Crippen molar-refractivity contribution < 1.29 is 42.1 Å². The first kappa shape index (κ1) is 86.7. The second kappa shape index (κ2) is 70.0. The van der Waals surface area contributed by atoms with Gasteiger partial charge in [-0.25, -0.2) is 0 Å². The second-order valence-corrected chi connectivity index (χ2v) is 27.7. The quantitative estimate of drug-likeness (QED) is 0.0195. The summed E-state index contributed by atoms with van der Waals surface area (Å²) in [5, 5.41) is 0. The highest BCUT2D eigenvalue weighted by Crippen LogP contribution is 2.38. The summed E-state index contributed by atoms with van der Waals surface area (Å²) in [6, 6.07) is 0. The van der Waals surface area contributed by atoms with Crippen molar-refractivity contribution in [2.45, 2.75) is 341 Å². The first-order chi connectivity index (χ1) is 44.0. The normalized spacial score (nSPS) is 13.7. The van der Waals surface area contributed by atoms with Gasteiger partial charge in [-0.05, 0) is 96.3 Å². The van der Waals surface area contributed by atoms with Gasteiger partial charge in [-0.2, -0.15) is 0 Å². The number of esters is 2. The van der Waals surface area contributed by atoms with Crippen LogP contribution in [0.15, 0.2) is 109 Å². The third kappa shape index (κ3) is 73.7. The molecule has 0 aliphatic heterocycles. The van der Waals surface area contributed by atoms with E-state index >= 15 is 0 Å². The molecule has 0 fully saturated rings. The molecule has 0 radical (unpaired) electrons. The van der Waals surface area contributed by atoms with Crippen LogP contribution in [0.5, 0.6) is 0 Å². The fourth-order valence-electron chi connectivity index (χ4n) is 10.6. The lowest BCUT2D eigenvalue weighted by Crippen LogP contribution is -2.37. The molecular formula is C80H142NO8P. The van der Waals surface area contributed by atoms with Crippen LogP contribution in [0.1, 0.15) is 335 Å². The molecule has 2 unspecified atom stereocenters. The fourth-order valence-corrected chi connectivity index (χ4v) is 11.3. The fraction of sp³-hybridized carbons (Fsp3) is 0.750. The summed E-state index contributed by atoms with van der Waals surface area (Å²) in [4.78, 5) is 38.1. The number of carbonyl (C=O) groups is 2. The Kier molecular flexibility index (Phi) is 67.4. The van der Waals surface area contributed by atoms with Crippen LogP contribution in [0, 0.1) is 0 Å². The minimum Gasteiger partial charge on any atom is -0.756 e. The molecule has 0 aromatic carbocycles. The summed E-state index contributed by atoms with van der Waals surface area (Å²) in [6.07, 6.45) is 99.0. The molecular weight excluding hydrogens is 1130 g/mol. The number of rotatable bonds is 69. The van der Waals surface area contributed by atoms with E-state index in [1.54, 1.807) is 0 Å². The largest absolute Gasteiger partial charge is 0.756 e. The number of quaternary nitrogens is 1. The van der Waals surface area contributed by atoms with E-state index in [1.165, 1.54) is 205 Å². The van der Waals surface area contributed by atoms with Crippen molar-refractivity contribution in [3.05, 3.63) is 109 Å². The predicted molar refractivity (Wildman–Crippen MR) is 388 cm³/mol. The molecule has 2 atom stereocenters. The molecule has 0 bridgehead atoms. The number of hydrogen-bond donors (Lipinski definition) is 0.